The van der Waals surface area contributed by atoms with E-state index in [0.29, 0.717) is 6.42 Å². The molecule has 0 atom stereocenters. The van der Waals surface area contributed by atoms with E-state index in [1.807, 2.05) is 6.92 Å². The summed E-state index contributed by atoms with van der Waals surface area (Å²) in [6.45, 7) is 3.77. The number of carbonyl (C=O) groups excluding carboxylic acids is 1. The predicted octanol–water partition coefficient (Wildman–Crippen LogP) is -1.11. The van der Waals surface area contributed by atoms with Gasteiger partial charge in [-0.1, -0.05) is 6.92 Å². The van der Waals surface area contributed by atoms with Gasteiger partial charge in [-0.2, -0.15) is 5.53 Å². The van der Waals surface area contributed by atoms with Crippen LogP contribution in [0.1, 0.15) is 26.2 Å². The maximum absolute atomic E-state index is 11.2. The molecule has 3 radical (unpaired) electrons. The molecule has 0 aromatic heterocycles. The second-order valence-electron chi connectivity index (χ2n) is 2.69. The van der Waals surface area contributed by atoms with Crippen molar-refractivity contribution in [2.24, 2.45) is 0 Å². The number of carbonyl (C=O) groups is 1. The van der Waals surface area contributed by atoms with Crippen LogP contribution in [0, 0.1) is 0 Å². The molecule has 1 saturated heterocycles. The van der Waals surface area contributed by atoms with E-state index in [0.717, 1.165) is 25.9 Å². The second kappa shape index (κ2) is 15.4. The Hall–Kier alpha value is 4.30. The summed E-state index contributed by atoms with van der Waals surface area (Å²) in [4.78, 5) is 11.2. The molecule has 1 aliphatic rings. The van der Waals surface area contributed by atoms with Crippen molar-refractivity contribution in [3.8, 4) is 0 Å². The van der Waals surface area contributed by atoms with Crippen LogP contribution in [0.4, 0.5) is 0 Å². The Morgan fingerprint density at radius 3 is 2.43 bits per heavy atom. The summed E-state index contributed by atoms with van der Waals surface area (Å²) in [5.41, 5.74) is 5.77. The van der Waals surface area contributed by atoms with Gasteiger partial charge in [0.15, 0.2) is 0 Å². The predicted molar refractivity (Wildman–Crippen MR) is 59.6 cm³/mol. The number of nitrogens with zero attached hydrogens (tertiary/aromatic N) is 1. The zero-order chi connectivity index (χ0) is 8.10. The Kier molecular flexibility index (Phi) is 25.7. The van der Waals surface area contributed by atoms with E-state index in [1.54, 1.807) is 5.01 Å². The minimum Gasteiger partial charge on any atom is -0.273 e. The molecule has 1 rings (SSSR count). The molecule has 0 unspecified atom stereocenters. The fourth-order valence-electron chi connectivity index (χ4n) is 1.07. The fourth-order valence-corrected chi connectivity index (χ4v) is 1.07. The van der Waals surface area contributed by atoms with Crippen molar-refractivity contribution in [3.63, 3.8) is 0 Å². The van der Waals surface area contributed by atoms with Gasteiger partial charge < -0.3 is 0 Å². The van der Waals surface area contributed by atoms with E-state index in [9.17, 15) is 4.79 Å². The summed E-state index contributed by atoms with van der Waals surface area (Å²) in [5, 5.41) is 1.65. The third-order valence-corrected chi connectivity index (χ3v) is 1.66. The molecule has 0 aromatic rings. The molecule has 0 bridgehead atoms. The number of rotatable bonds is 2. The summed E-state index contributed by atoms with van der Waals surface area (Å²) >= 11 is 0. The van der Waals surface area contributed by atoms with Crippen molar-refractivity contribution in [2.45, 2.75) is 26.2 Å². The van der Waals surface area contributed by atoms with Crippen LogP contribution in [0.15, 0.2) is 0 Å². The molecule has 14 heavy (non-hydrogen) atoms. The molecular weight excluding hydrogens is 259 g/mol. The quantitative estimate of drug-likeness (QED) is 0.628. The Labute approximate surface area is 214 Å². The van der Waals surface area contributed by atoms with Gasteiger partial charge in [0.25, 0.3) is 0 Å². The molecule has 67 valence electrons. The smallest absolute Gasteiger partial charge is 0.237 e. The fraction of sp³-hybridized carbons (Fsp3) is 0.857. The molecule has 0 saturated carbocycles. The number of hydrogen-bond donors (Lipinski definition) is 2. The standard InChI is InChI=1S/C7H15N3O.3K/c1-2-4-7(11)10-6-3-5-8-9-10;;;/h8-9H,2-6H2,1H3;;;. The van der Waals surface area contributed by atoms with Gasteiger partial charge in [0.2, 0.25) is 5.91 Å². The van der Waals surface area contributed by atoms with Gasteiger partial charge in [-0.25, -0.2) is 5.43 Å². The van der Waals surface area contributed by atoms with Gasteiger partial charge in [-0.15, -0.1) is 0 Å². The summed E-state index contributed by atoms with van der Waals surface area (Å²) in [5.74, 6) is 0.180. The number of amides is 1. The first-order valence-electron chi connectivity index (χ1n) is 4.13. The largest absolute Gasteiger partial charge is 0.273 e. The zero-order valence-corrected chi connectivity index (χ0v) is 19.3. The van der Waals surface area contributed by atoms with E-state index in [-0.39, 0.29) is 160 Å². The van der Waals surface area contributed by atoms with Crippen LogP contribution in [0.5, 0.6) is 0 Å². The third kappa shape index (κ3) is 10.2. The minimum atomic E-state index is 0. The van der Waals surface area contributed by atoms with Crippen LogP contribution in [-0.4, -0.2) is 178 Å². The first-order valence-corrected chi connectivity index (χ1v) is 4.13. The third-order valence-electron chi connectivity index (χ3n) is 1.66. The van der Waals surface area contributed by atoms with Crippen LogP contribution in [-0.2, 0) is 4.79 Å². The summed E-state index contributed by atoms with van der Waals surface area (Å²) in [7, 11) is 0. The molecule has 1 amide bonds. The van der Waals surface area contributed by atoms with Gasteiger partial charge in [-0.05, 0) is 12.8 Å². The van der Waals surface area contributed by atoms with Gasteiger partial charge in [-0.3, -0.25) is 9.80 Å². The van der Waals surface area contributed by atoms with E-state index in [2.05, 4.69) is 11.0 Å². The van der Waals surface area contributed by atoms with Crippen LogP contribution < -0.4 is 11.0 Å². The number of hydrogen-bond acceptors (Lipinski definition) is 3. The van der Waals surface area contributed by atoms with Crippen molar-refractivity contribution >= 4 is 160 Å². The molecule has 7 heteroatoms. The average molecular weight is 275 g/mol. The average Bonchev–Trinajstić information content (AvgIpc) is 2.07. The summed E-state index contributed by atoms with van der Waals surface area (Å²) in [6, 6.07) is 0. The van der Waals surface area contributed by atoms with Crippen LogP contribution >= 0.6 is 0 Å². The molecular formula is C7H15K3N3O. The maximum Gasteiger partial charge on any atom is 0.237 e. The van der Waals surface area contributed by atoms with Crippen LogP contribution in [0.3, 0.4) is 0 Å². The molecule has 0 spiro atoms. The Morgan fingerprint density at radius 2 is 2.00 bits per heavy atom. The second-order valence-corrected chi connectivity index (χ2v) is 2.69. The molecule has 1 fully saturated rings. The van der Waals surface area contributed by atoms with Crippen molar-refractivity contribution in [1.82, 2.24) is 16.0 Å². The van der Waals surface area contributed by atoms with Crippen LogP contribution in [0.2, 0.25) is 0 Å². The number of nitrogens with one attached hydrogen (secondary N) is 2. The van der Waals surface area contributed by atoms with Crippen LogP contribution in [0.25, 0.3) is 0 Å². The van der Waals surface area contributed by atoms with Crippen molar-refractivity contribution in [2.75, 3.05) is 13.1 Å². The maximum atomic E-state index is 11.2. The Balaban J connectivity index is -0.000000403. The van der Waals surface area contributed by atoms with Crippen molar-refractivity contribution in [3.05, 3.63) is 0 Å². The van der Waals surface area contributed by atoms with E-state index in [4.69, 9.17) is 0 Å². The van der Waals surface area contributed by atoms with Gasteiger partial charge in [0.05, 0.1) is 0 Å². The van der Waals surface area contributed by atoms with Crippen molar-refractivity contribution in [1.29, 1.82) is 0 Å². The first kappa shape index (κ1) is 23.4. The Morgan fingerprint density at radius 1 is 1.36 bits per heavy atom. The SMILES string of the molecule is CCCC(=O)N1CCCNN1.[K].[K].[K]. The van der Waals surface area contributed by atoms with Crippen molar-refractivity contribution < 1.29 is 4.79 Å². The normalized spacial score (nSPS) is 14.5. The molecule has 4 nitrogen and oxygen atoms in total. The minimum absolute atomic E-state index is 0. The topological polar surface area (TPSA) is 44.4 Å². The zero-order valence-electron chi connectivity index (χ0n) is 9.89. The molecule has 2 N–H and O–H groups in total. The molecule has 0 aliphatic carbocycles. The summed E-state index contributed by atoms with van der Waals surface area (Å²) in [6.07, 6.45) is 2.58. The van der Waals surface area contributed by atoms with Gasteiger partial charge >= 0.3 is 0 Å². The summed E-state index contributed by atoms with van der Waals surface area (Å²) < 4.78 is 0. The van der Waals surface area contributed by atoms with E-state index in [1.165, 1.54) is 0 Å². The van der Waals surface area contributed by atoms with E-state index < -0.39 is 0 Å². The monoisotopic (exact) mass is 274 g/mol. The van der Waals surface area contributed by atoms with Gasteiger partial charge in [0, 0.05) is 174 Å². The number of hydrazine groups is 2. The van der Waals surface area contributed by atoms with Gasteiger partial charge in [0.1, 0.15) is 0 Å². The molecule has 1 heterocycles. The van der Waals surface area contributed by atoms with E-state index >= 15 is 0 Å². The molecule has 1 aliphatic heterocycles. The first-order chi connectivity index (χ1) is 5.34. The Bertz CT molecular complexity index is 142. The molecule has 0 aromatic carbocycles.